The van der Waals surface area contributed by atoms with Crippen molar-refractivity contribution >= 4 is 50.8 Å². The SMILES string of the molecule is COC(=O)c1ccc(NC(=O)CCS(=O)(=O)c2ccc3c(c2)NC(=O)[C@@H](C)S3)cc1. The fourth-order valence-electron chi connectivity index (χ4n) is 2.76. The smallest absolute Gasteiger partial charge is 0.337 e. The molecule has 158 valence electrons. The van der Waals surface area contributed by atoms with Gasteiger partial charge in [-0.05, 0) is 49.4 Å². The minimum absolute atomic E-state index is 0.0481. The van der Waals surface area contributed by atoms with Gasteiger partial charge in [-0.1, -0.05) is 0 Å². The highest BCUT2D eigenvalue weighted by Crippen LogP contribution is 2.36. The second kappa shape index (κ2) is 8.88. The molecule has 1 aliphatic rings. The molecule has 10 heteroatoms. The number of anilines is 2. The van der Waals surface area contributed by atoms with Crippen molar-refractivity contribution in [2.45, 2.75) is 28.4 Å². The molecule has 0 saturated carbocycles. The number of methoxy groups -OCH3 is 1. The molecule has 2 N–H and O–H groups in total. The summed E-state index contributed by atoms with van der Waals surface area (Å²) in [6.07, 6.45) is -0.240. The van der Waals surface area contributed by atoms with E-state index in [2.05, 4.69) is 15.4 Å². The maximum atomic E-state index is 12.6. The van der Waals surface area contributed by atoms with E-state index in [-0.39, 0.29) is 28.2 Å². The predicted octanol–water partition coefficient (Wildman–Crippen LogP) is 2.71. The summed E-state index contributed by atoms with van der Waals surface area (Å²) >= 11 is 1.36. The summed E-state index contributed by atoms with van der Waals surface area (Å²) in [5.74, 6) is -1.53. The number of carbonyl (C=O) groups is 3. The lowest BCUT2D eigenvalue weighted by Gasteiger charge is -2.21. The zero-order valence-corrected chi connectivity index (χ0v) is 17.9. The van der Waals surface area contributed by atoms with Crippen molar-refractivity contribution in [2.75, 3.05) is 23.5 Å². The Hall–Kier alpha value is -2.85. The van der Waals surface area contributed by atoms with Crippen LogP contribution >= 0.6 is 11.8 Å². The molecule has 0 unspecified atom stereocenters. The lowest BCUT2D eigenvalue weighted by molar-refractivity contribution is -0.116. The van der Waals surface area contributed by atoms with Gasteiger partial charge < -0.3 is 15.4 Å². The molecule has 0 fully saturated rings. The molecule has 0 aromatic heterocycles. The first-order valence-corrected chi connectivity index (χ1v) is 11.6. The molecule has 2 aromatic rings. The van der Waals surface area contributed by atoms with Crippen molar-refractivity contribution < 1.29 is 27.5 Å². The van der Waals surface area contributed by atoms with Crippen LogP contribution in [0.5, 0.6) is 0 Å². The predicted molar refractivity (Wildman–Crippen MR) is 113 cm³/mol. The van der Waals surface area contributed by atoms with Crippen LogP contribution in [-0.4, -0.2) is 44.3 Å². The molecular formula is C20H20N2O6S2. The second-order valence-corrected chi connectivity index (χ2v) is 10.1. The average Bonchev–Trinajstić information content (AvgIpc) is 2.73. The number of fused-ring (bicyclic) bond motifs is 1. The van der Waals surface area contributed by atoms with Crippen molar-refractivity contribution in [3.63, 3.8) is 0 Å². The van der Waals surface area contributed by atoms with E-state index in [1.165, 1.54) is 55.3 Å². The van der Waals surface area contributed by atoms with Gasteiger partial charge in [-0.15, -0.1) is 11.8 Å². The molecule has 2 aromatic carbocycles. The van der Waals surface area contributed by atoms with Crippen LogP contribution in [0.1, 0.15) is 23.7 Å². The Bertz CT molecular complexity index is 1100. The van der Waals surface area contributed by atoms with Crippen LogP contribution in [0.4, 0.5) is 11.4 Å². The summed E-state index contributed by atoms with van der Waals surface area (Å²) < 4.78 is 29.8. The highest BCUT2D eigenvalue weighted by molar-refractivity contribution is 8.01. The summed E-state index contributed by atoms with van der Waals surface area (Å²) in [6, 6.07) is 10.6. The third kappa shape index (κ3) is 5.00. The number of ether oxygens (including phenoxy) is 1. The van der Waals surface area contributed by atoms with Crippen molar-refractivity contribution in [1.82, 2.24) is 0 Å². The lowest BCUT2D eigenvalue weighted by Crippen LogP contribution is -2.26. The van der Waals surface area contributed by atoms with Crippen LogP contribution in [0.2, 0.25) is 0 Å². The van der Waals surface area contributed by atoms with E-state index in [1.54, 1.807) is 13.0 Å². The zero-order valence-electron chi connectivity index (χ0n) is 16.3. The van der Waals surface area contributed by atoms with Crippen LogP contribution in [0.3, 0.4) is 0 Å². The fourth-order valence-corrected chi connectivity index (χ4v) is 4.95. The number of carbonyl (C=O) groups excluding carboxylic acids is 3. The van der Waals surface area contributed by atoms with Crippen LogP contribution in [0.15, 0.2) is 52.3 Å². The number of benzene rings is 2. The first kappa shape index (κ1) is 21.8. The topological polar surface area (TPSA) is 119 Å². The van der Waals surface area contributed by atoms with Gasteiger partial charge in [0.15, 0.2) is 9.84 Å². The van der Waals surface area contributed by atoms with E-state index in [0.29, 0.717) is 16.9 Å². The minimum Gasteiger partial charge on any atom is -0.465 e. The molecule has 0 spiro atoms. The molecule has 30 heavy (non-hydrogen) atoms. The molecule has 0 bridgehead atoms. The van der Waals surface area contributed by atoms with Crippen LogP contribution < -0.4 is 10.6 Å². The lowest BCUT2D eigenvalue weighted by atomic mass is 10.2. The Morgan fingerprint density at radius 3 is 2.53 bits per heavy atom. The quantitative estimate of drug-likeness (QED) is 0.652. The van der Waals surface area contributed by atoms with Crippen LogP contribution in [-0.2, 0) is 24.2 Å². The molecule has 0 saturated heterocycles. The van der Waals surface area contributed by atoms with E-state index in [9.17, 15) is 22.8 Å². The molecule has 0 aliphatic carbocycles. The Morgan fingerprint density at radius 1 is 1.17 bits per heavy atom. The Balaban J connectivity index is 1.62. The largest absolute Gasteiger partial charge is 0.465 e. The van der Waals surface area contributed by atoms with E-state index >= 15 is 0 Å². The minimum atomic E-state index is -3.72. The fraction of sp³-hybridized carbons (Fsp3) is 0.250. The summed E-state index contributed by atoms with van der Waals surface area (Å²) in [4.78, 5) is 36.2. The number of amides is 2. The molecule has 1 heterocycles. The van der Waals surface area contributed by atoms with E-state index < -0.39 is 21.7 Å². The highest BCUT2D eigenvalue weighted by Gasteiger charge is 2.25. The second-order valence-electron chi connectivity index (χ2n) is 6.59. The average molecular weight is 449 g/mol. The number of sulfone groups is 1. The number of hydrogen-bond acceptors (Lipinski definition) is 7. The zero-order chi connectivity index (χ0) is 21.9. The van der Waals surface area contributed by atoms with Crippen LogP contribution in [0.25, 0.3) is 0 Å². The van der Waals surface area contributed by atoms with E-state index in [4.69, 9.17) is 0 Å². The van der Waals surface area contributed by atoms with Gasteiger partial charge in [0.25, 0.3) is 0 Å². The summed E-state index contributed by atoms with van der Waals surface area (Å²) in [7, 11) is -2.44. The summed E-state index contributed by atoms with van der Waals surface area (Å²) in [5.41, 5.74) is 1.23. The van der Waals surface area contributed by atoms with E-state index in [1.807, 2.05) is 0 Å². The molecule has 1 aliphatic heterocycles. The summed E-state index contributed by atoms with van der Waals surface area (Å²) in [5, 5.41) is 5.05. The number of esters is 1. The number of thioether (sulfide) groups is 1. The number of nitrogens with one attached hydrogen (secondary N) is 2. The highest BCUT2D eigenvalue weighted by atomic mass is 32.2. The molecule has 1 atom stereocenters. The van der Waals surface area contributed by atoms with Crippen LogP contribution in [0, 0.1) is 0 Å². The van der Waals surface area contributed by atoms with Gasteiger partial charge >= 0.3 is 5.97 Å². The number of hydrogen-bond donors (Lipinski definition) is 2. The van der Waals surface area contributed by atoms with Gasteiger partial charge in [0.05, 0.1) is 34.3 Å². The third-order valence-corrected chi connectivity index (χ3v) is 7.32. The van der Waals surface area contributed by atoms with Gasteiger partial charge in [0.1, 0.15) is 0 Å². The maximum Gasteiger partial charge on any atom is 0.337 e. The first-order chi connectivity index (χ1) is 14.2. The monoisotopic (exact) mass is 448 g/mol. The van der Waals surface area contributed by atoms with Gasteiger partial charge in [-0.25, -0.2) is 13.2 Å². The third-order valence-electron chi connectivity index (χ3n) is 4.43. The summed E-state index contributed by atoms with van der Waals surface area (Å²) in [6.45, 7) is 1.77. The van der Waals surface area contributed by atoms with E-state index in [0.717, 1.165) is 4.90 Å². The Kier molecular flexibility index (Phi) is 6.47. The van der Waals surface area contributed by atoms with Gasteiger partial charge in [-0.2, -0.15) is 0 Å². The van der Waals surface area contributed by atoms with Crippen molar-refractivity contribution in [2.24, 2.45) is 0 Å². The molecule has 0 radical (unpaired) electrons. The van der Waals surface area contributed by atoms with Gasteiger partial charge in [0.2, 0.25) is 11.8 Å². The van der Waals surface area contributed by atoms with Crippen molar-refractivity contribution in [1.29, 1.82) is 0 Å². The molecular weight excluding hydrogens is 428 g/mol. The standard InChI is InChI=1S/C20H20N2O6S2/c1-12-19(24)22-16-11-15(7-8-17(16)29-12)30(26,27)10-9-18(23)21-14-5-3-13(4-6-14)20(25)28-2/h3-8,11-12H,9-10H2,1-2H3,(H,21,23)(H,22,24)/t12-/m1/s1. The molecule has 3 rings (SSSR count). The number of rotatable bonds is 6. The van der Waals surface area contributed by atoms with Gasteiger partial charge in [-0.3, -0.25) is 9.59 Å². The maximum absolute atomic E-state index is 12.6. The van der Waals surface area contributed by atoms with Crippen molar-refractivity contribution in [3.8, 4) is 0 Å². The normalized spacial score (nSPS) is 15.7. The first-order valence-electron chi connectivity index (χ1n) is 9.02. The van der Waals surface area contributed by atoms with Crippen molar-refractivity contribution in [3.05, 3.63) is 48.0 Å². The van der Waals surface area contributed by atoms with Gasteiger partial charge in [0, 0.05) is 17.0 Å². The Morgan fingerprint density at radius 2 is 1.87 bits per heavy atom. The molecule has 2 amide bonds. The Labute approximate surface area is 178 Å². The molecule has 8 nitrogen and oxygen atoms in total.